The van der Waals surface area contributed by atoms with E-state index in [-0.39, 0.29) is 11.9 Å². The summed E-state index contributed by atoms with van der Waals surface area (Å²) in [7, 11) is 0.835. The summed E-state index contributed by atoms with van der Waals surface area (Å²) >= 11 is 0. The summed E-state index contributed by atoms with van der Waals surface area (Å²) in [4.78, 5) is 1.93. The predicted octanol–water partition coefficient (Wildman–Crippen LogP) is -0.292. The second-order valence-corrected chi connectivity index (χ2v) is 5.74. The molecule has 0 aliphatic carbocycles. The van der Waals surface area contributed by atoms with Crippen molar-refractivity contribution in [1.29, 1.82) is 0 Å². The Balaban J connectivity index is 2.56. The topological polar surface area (TPSA) is 46.6 Å². The molecule has 0 radical (unpaired) electrons. The molecule has 0 N–H and O–H groups in total. The number of rotatable bonds is 2. The first-order chi connectivity index (χ1) is 5.42. The van der Waals surface area contributed by atoms with Crippen LogP contribution in [0.5, 0.6) is 0 Å². The predicted molar refractivity (Wildman–Crippen MR) is 46.7 cm³/mol. The van der Waals surface area contributed by atoms with Gasteiger partial charge in [-0.15, -0.1) is 0 Å². The van der Waals surface area contributed by atoms with Gasteiger partial charge in [-0.05, 0) is 21.0 Å². The molecule has 1 rings (SSSR count). The Morgan fingerprint density at radius 1 is 1.50 bits per heavy atom. The van der Waals surface area contributed by atoms with Crippen LogP contribution in [0, 0.1) is 0 Å². The van der Waals surface area contributed by atoms with Crippen molar-refractivity contribution in [3.8, 4) is 0 Å². The van der Waals surface area contributed by atoms with E-state index in [2.05, 4.69) is 0 Å². The van der Waals surface area contributed by atoms with Crippen LogP contribution in [-0.2, 0) is 14.6 Å². The number of likely N-dealkylation sites (N-methyl/N-ethyl adjacent to an activating group) is 1. The van der Waals surface area contributed by atoms with Gasteiger partial charge < -0.3 is 9.64 Å². The lowest BCUT2D eigenvalue weighted by Gasteiger charge is -2.14. The van der Waals surface area contributed by atoms with Gasteiger partial charge in [0.05, 0.1) is 11.9 Å². The van der Waals surface area contributed by atoms with E-state index in [9.17, 15) is 8.42 Å². The van der Waals surface area contributed by atoms with Crippen LogP contribution < -0.4 is 0 Å². The highest BCUT2D eigenvalue weighted by atomic mass is 32.2. The minimum Gasteiger partial charge on any atom is -0.357 e. The second kappa shape index (κ2) is 3.32. The van der Waals surface area contributed by atoms with Crippen molar-refractivity contribution in [3.05, 3.63) is 0 Å². The minimum absolute atomic E-state index is 0.153. The first-order valence-corrected chi connectivity index (χ1v) is 5.65. The molecule has 12 heavy (non-hydrogen) atoms. The lowest BCUT2D eigenvalue weighted by molar-refractivity contribution is 0.0564. The third-order valence-corrected chi connectivity index (χ3v) is 3.84. The van der Waals surface area contributed by atoms with E-state index < -0.39 is 15.3 Å². The summed E-state index contributed by atoms with van der Waals surface area (Å²) in [6, 6.07) is 0. The van der Waals surface area contributed by atoms with Crippen LogP contribution in [0.2, 0.25) is 0 Å². The van der Waals surface area contributed by atoms with Gasteiger partial charge >= 0.3 is 0 Å². The first kappa shape index (κ1) is 9.95. The summed E-state index contributed by atoms with van der Waals surface area (Å²) in [6.07, 6.45) is -0.153. The second-order valence-electron chi connectivity index (χ2n) is 3.42. The third kappa shape index (κ3) is 2.18. The molecule has 1 fully saturated rings. The Labute approximate surface area is 73.4 Å². The minimum atomic E-state index is -2.97. The summed E-state index contributed by atoms with van der Waals surface area (Å²) in [6.45, 7) is 2.26. The Bertz CT molecular complexity index is 247. The molecule has 0 unspecified atom stereocenters. The zero-order valence-corrected chi connectivity index (χ0v) is 8.47. The van der Waals surface area contributed by atoms with Crippen LogP contribution in [0.25, 0.3) is 0 Å². The van der Waals surface area contributed by atoms with Gasteiger partial charge in [0.2, 0.25) is 0 Å². The number of hydrogen-bond acceptors (Lipinski definition) is 4. The largest absolute Gasteiger partial charge is 0.357 e. The van der Waals surface area contributed by atoms with Gasteiger partial charge in [-0.2, -0.15) is 0 Å². The standard InChI is InChI=1S/C7H15NO3S/c1-6-11-7(4-8(2)3)5-12(6,9)10/h6-7H,4-5H2,1-3H3/t6-,7+/m0/s1. The zero-order chi connectivity index (χ0) is 9.35. The van der Waals surface area contributed by atoms with E-state index in [1.165, 1.54) is 0 Å². The van der Waals surface area contributed by atoms with Crippen molar-refractivity contribution in [3.63, 3.8) is 0 Å². The van der Waals surface area contributed by atoms with E-state index in [0.29, 0.717) is 6.54 Å². The van der Waals surface area contributed by atoms with E-state index in [1.54, 1.807) is 6.92 Å². The SMILES string of the molecule is C[C@H]1O[C@H](CN(C)C)CS1(=O)=O. The molecule has 1 heterocycles. The van der Waals surface area contributed by atoms with Gasteiger partial charge in [-0.1, -0.05) is 0 Å². The third-order valence-electron chi connectivity index (χ3n) is 1.88. The van der Waals surface area contributed by atoms with Gasteiger partial charge in [0.15, 0.2) is 15.3 Å². The lowest BCUT2D eigenvalue weighted by atomic mass is 10.4. The molecule has 1 saturated heterocycles. The molecule has 72 valence electrons. The van der Waals surface area contributed by atoms with E-state index in [4.69, 9.17) is 4.74 Å². The molecule has 0 aromatic heterocycles. The molecule has 0 bridgehead atoms. The Morgan fingerprint density at radius 3 is 2.42 bits per heavy atom. The molecule has 0 amide bonds. The molecule has 0 saturated carbocycles. The van der Waals surface area contributed by atoms with Crippen molar-refractivity contribution >= 4 is 9.84 Å². The number of ether oxygens (including phenoxy) is 1. The van der Waals surface area contributed by atoms with E-state index >= 15 is 0 Å². The van der Waals surface area contributed by atoms with Crippen molar-refractivity contribution in [1.82, 2.24) is 4.90 Å². The maximum atomic E-state index is 11.2. The summed E-state index contributed by atoms with van der Waals surface area (Å²) in [5.41, 5.74) is -0.623. The van der Waals surface area contributed by atoms with Crippen LogP contribution in [0.1, 0.15) is 6.92 Å². The molecular weight excluding hydrogens is 178 g/mol. The first-order valence-electron chi connectivity index (χ1n) is 3.93. The van der Waals surface area contributed by atoms with Crippen molar-refractivity contribution in [2.45, 2.75) is 18.5 Å². The highest BCUT2D eigenvalue weighted by Crippen LogP contribution is 2.18. The number of sulfone groups is 1. The fourth-order valence-corrected chi connectivity index (χ4v) is 2.59. The Morgan fingerprint density at radius 2 is 2.08 bits per heavy atom. The smallest absolute Gasteiger partial charge is 0.179 e. The summed E-state index contributed by atoms with van der Waals surface area (Å²) in [5.74, 6) is 0.159. The van der Waals surface area contributed by atoms with Crippen LogP contribution in [0.3, 0.4) is 0 Å². The fraction of sp³-hybridized carbons (Fsp3) is 1.00. The van der Waals surface area contributed by atoms with Gasteiger partial charge in [0.25, 0.3) is 0 Å². The van der Waals surface area contributed by atoms with Gasteiger partial charge in [-0.3, -0.25) is 0 Å². The van der Waals surface area contributed by atoms with E-state index in [0.717, 1.165) is 0 Å². The molecule has 1 aliphatic rings. The quantitative estimate of drug-likeness (QED) is 0.604. The van der Waals surface area contributed by atoms with Gasteiger partial charge in [0.1, 0.15) is 0 Å². The van der Waals surface area contributed by atoms with Gasteiger partial charge in [0, 0.05) is 6.54 Å². The summed E-state index contributed by atoms with van der Waals surface area (Å²) < 4.78 is 27.7. The molecule has 0 aromatic rings. The normalized spacial score (nSPS) is 34.3. The van der Waals surface area contributed by atoms with Crippen LogP contribution in [0.15, 0.2) is 0 Å². The van der Waals surface area contributed by atoms with Crippen LogP contribution >= 0.6 is 0 Å². The fourth-order valence-electron chi connectivity index (χ4n) is 1.29. The van der Waals surface area contributed by atoms with Crippen LogP contribution in [0.4, 0.5) is 0 Å². The molecular formula is C7H15NO3S. The zero-order valence-electron chi connectivity index (χ0n) is 7.65. The highest BCUT2D eigenvalue weighted by Gasteiger charge is 2.35. The molecule has 5 heteroatoms. The monoisotopic (exact) mass is 193 g/mol. The number of hydrogen-bond donors (Lipinski definition) is 0. The lowest BCUT2D eigenvalue weighted by Crippen LogP contribution is -2.27. The molecule has 2 atom stereocenters. The van der Waals surface area contributed by atoms with Crippen molar-refractivity contribution in [2.24, 2.45) is 0 Å². The molecule has 1 aliphatic heterocycles. The maximum absolute atomic E-state index is 11.2. The van der Waals surface area contributed by atoms with Crippen molar-refractivity contribution < 1.29 is 13.2 Å². The van der Waals surface area contributed by atoms with Crippen LogP contribution in [-0.4, -0.2) is 51.3 Å². The maximum Gasteiger partial charge on any atom is 0.179 e. The molecule has 4 nitrogen and oxygen atoms in total. The summed E-state index contributed by atoms with van der Waals surface area (Å²) in [5, 5.41) is 0. The number of nitrogens with zero attached hydrogens (tertiary/aromatic N) is 1. The average Bonchev–Trinajstić information content (AvgIpc) is 2.04. The Kier molecular flexibility index (Phi) is 2.75. The van der Waals surface area contributed by atoms with Gasteiger partial charge in [-0.25, -0.2) is 8.42 Å². The Hall–Kier alpha value is -0.130. The van der Waals surface area contributed by atoms with E-state index in [1.807, 2.05) is 19.0 Å². The molecule has 0 spiro atoms. The van der Waals surface area contributed by atoms with Crippen molar-refractivity contribution in [2.75, 3.05) is 26.4 Å². The highest BCUT2D eigenvalue weighted by molar-refractivity contribution is 7.92. The molecule has 0 aromatic carbocycles. The average molecular weight is 193 g/mol.